The van der Waals surface area contributed by atoms with Gasteiger partial charge in [0.15, 0.2) is 0 Å². The number of esters is 1. The highest BCUT2D eigenvalue weighted by atomic mass is 16.5. The summed E-state index contributed by atoms with van der Waals surface area (Å²) in [5.74, 6) is -0.870. The van der Waals surface area contributed by atoms with E-state index in [0.29, 0.717) is 0 Å². The van der Waals surface area contributed by atoms with Crippen LogP contribution in [0.5, 0.6) is 0 Å². The monoisotopic (exact) mass is 184 g/mol. The molecule has 0 rings (SSSR count). The van der Waals surface area contributed by atoms with Crippen LogP contribution in [0.3, 0.4) is 0 Å². The molecule has 0 aliphatic carbocycles. The van der Waals surface area contributed by atoms with Crippen molar-refractivity contribution in [1.82, 2.24) is 0 Å². The van der Waals surface area contributed by atoms with Crippen molar-refractivity contribution < 1.29 is 9.53 Å². The van der Waals surface area contributed by atoms with Crippen LogP contribution in [0.4, 0.5) is 0 Å². The molecule has 0 heterocycles. The molecule has 0 N–H and O–H groups in total. The molecule has 0 aliphatic rings. The zero-order chi connectivity index (χ0) is 10.3. The Morgan fingerprint density at radius 3 is 2.23 bits per heavy atom. The molecule has 70 valence electrons. The van der Waals surface area contributed by atoms with Crippen molar-refractivity contribution in [2.24, 2.45) is 10.2 Å². The molecule has 0 amide bonds. The van der Waals surface area contributed by atoms with Crippen molar-refractivity contribution in [3.05, 3.63) is 20.9 Å². The van der Waals surface area contributed by atoms with Gasteiger partial charge in [-0.25, -0.2) is 0 Å². The van der Waals surface area contributed by atoms with Crippen molar-refractivity contribution in [2.75, 3.05) is 6.61 Å². The van der Waals surface area contributed by atoms with Gasteiger partial charge in [0.05, 0.1) is 6.61 Å². The Kier molecular flexibility index (Phi) is 4.15. The van der Waals surface area contributed by atoms with E-state index < -0.39 is 11.6 Å². The average molecular weight is 184 g/mol. The van der Waals surface area contributed by atoms with Crippen molar-refractivity contribution in [3.63, 3.8) is 0 Å². The van der Waals surface area contributed by atoms with Gasteiger partial charge in [0.2, 0.25) is 5.66 Å². The lowest BCUT2D eigenvalue weighted by Crippen LogP contribution is -2.31. The van der Waals surface area contributed by atoms with E-state index in [0.717, 1.165) is 0 Å². The van der Waals surface area contributed by atoms with Crippen LogP contribution in [0.2, 0.25) is 0 Å². The largest absolute Gasteiger partial charge is 0.465 e. The smallest absolute Gasteiger partial charge is 0.323 e. The third-order valence-corrected chi connectivity index (χ3v) is 1.14. The third kappa shape index (κ3) is 2.90. The second kappa shape index (κ2) is 4.87. The van der Waals surface area contributed by atoms with Gasteiger partial charge in [-0.05, 0) is 24.9 Å². The number of hydrogen-bond donors (Lipinski definition) is 0. The molecule has 0 saturated carbocycles. The normalized spacial score (nSPS) is 13.1. The Hall–Kier alpha value is -1.91. The molecule has 0 spiro atoms. The first-order chi connectivity index (χ1) is 6.10. The lowest BCUT2D eigenvalue weighted by Gasteiger charge is -2.14. The predicted molar refractivity (Wildman–Crippen MR) is 43.3 cm³/mol. The van der Waals surface area contributed by atoms with Crippen LogP contribution >= 0.6 is 0 Å². The van der Waals surface area contributed by atoms with Gasteiger partial charge < -0.3 is 4.74 Å². The summed E-state index contributed by atoms with van der Waals surface area (Å²) in [5, 5.41) is 6.10. The molecule has 0 aromatic carbocycles. The molecule has 0 saturated heterocycles. The molecule has 0 unspecified atom stereocenters. The lowest BCUT2D eigenvalue weighted by molar-refractivity contribution is -0.148. The van der Waals surface area contributed by atoms with E-state index in [1.807, 2.05) is 0 Å². The third-order valence-electron chi connectivity index (χ3n) is 1.14. The van der Waals surface area contributed by atoms with Gasteiger partial charge in [0.1, 0.15) is 0 Å². The quantitative estimate of drug-likeness (QED) is 0.286. The Bertz CT molecular complexity index is 269. The summed E-state index contributed by atoms with van der Waals surface area (Å²) in [7, 11) is 0. The van der Waals surface area contributed by atoms with E-state index in [-0.39, 0.29) is 6.61 Å². The Morgan fingerprint density at radius 1 is 1.46 bits per heavy atom. The highest BCUT2D eigenvalue weighted by Gasteiger charge is 2.32. The van der Waals surface area contributed by atoms with Gasteiger partial charge in [-0.15, -0.1) is 0 Å². The van der Waals surface area contributed by atoms with Crippen LogP contribution < -0.4 is 0 Å². The summed E-state index contributed by atoms with van der Waals surface area (Å²) in [6.07, 6.45) is 0. The van der Waals surface area contributed by atoms with Crippen LogP contribution in [0.1, 0.15) is 13.8 Å². The van der Waals surface area contributed by atoms with E-state index in [2.05, 4.69) is 24.8 Å². The van der Waals surface area contributed by atoms with Crippen LogP contribution in [-0.4, -0.2) is 18.2 Å². The number of carbonyl (C=O) groups excluding carboxylic acids is 1. The number of carbonyl (C=O) groups is 1. The zero-order valence-corrected chi connectivity index (χ0v) is 7.21. The summed E-state index contributed by atoms with van der Waals surface area (Å²) in [5.41, 5.74) is 14.4. The summed E-state index contributed by atoms with van der Waals surface area (Å²) < 4.78 is 4.54. The average Bonchev–Trinajstić information content (AvgIpc) is 2.05. The molecule has 8 heteroatoms. The van der Waals surface area contributed by atoms with Crippen LogP contribution in [0.15, 0.2) is 10.2 Å². The topological polar surface area (TPSA) is 124 Å². The fraction of sp³-hybridized carbons (Fsp3) is 0.800. The highest BCUT2D eigenvalue weighted by molar-refractivity contribution is 5.80. The van der Waals surface area contributed by atoms with Crippen molar-refractivity contribution in [2.45, 2.75) is 19.5 Å². The van der Waals surface area contributed by atoms with Gasteiger partial charge in [-0.3, -0.25) is 4.79 Å². The second-order valence-electron chi connectivity index (χ2n) is 2.12. The molecule has 0 aromatic heterocycles. The number of ether oxygens (including phenoxy) is 1. The van der Waals surface area contributed by atoms with E-state index in [1.165, 1.54) is 6.92 Å². The van der Waals surface area contributed by atoms with Gasteiger partial charge in [0, 0.05) is 9.82 Å². The molecule has 0 fully saturated rings. The maximum Gasteiger partial charge on any atom is 0.323 e. The molecule has 8 nitrogen and oxygen atoms in total. The van der Waals surface area contributed by atoms with E-state index >= 15 is 0 Å². The molecule has 0 aliphatic heterocycles. The van der Waals surface area contributed by atoms with E-state index in [4.69, 9.17) is 11.1 Å². The van der Waals surface area contributed by atoms with Crippen LogP contribution in [0.25, 0.3) is 20.9 Å². The van der Waals surface area contributed by atoms with Crippen molar-refractivity contribution >= 4 is 5.97 Å². The van der Waals surface area contributed by atoms with Gasteiger partial charge >= 0.3 is 5.97 Å². The fourth-order valence-electron chi connectivity index (χ4n) is 0.544. The minimum Gasteiger partial charge on any atom is -0.465 e. The summed E-state index contributed by atoms with van der Waals surface area (Å²) in [6, 6.07) is 0. The zero-order valence-electron chi connectivity index (χ0n) is 7.21. The Balaban J connectivity index is 4.88. The summed E-state index contributed by atoms with van der Waals surface area (Å²) in [4.78, 5) is 15.9. The Morgan fingerprint density at radius 2 is 1.92 bits per heavy atom. The number of hydrogen-bond acceptors (Lipinski definition) is 4. The minimum absolute atomic E-state index is 0.121. The highest BCUT2D eigenvalue weighted by Crippen LogP contribution is 2.15. The number of azide groups is 1. The summed E-state index contributed by atoms with van der Waals surface area (Å²) in [6.45, 7) is 2.88. The maximum absolute atomic E-state index is 11.1. The van der Waals surface area contributed by atoms with Crippen LogP contribution in [0, 0.1) is 0 Å². The number of nitrogens with zero attached hydrogens (tertiary/aromatic N) is 6. The molecule has 13 heavy (non-hydrogen) atoms. The van der Waals surface area contributed by atoms with Crippen molar-refractivity contribution in [3.8, 4) is 0 Å². The maximum atomic E-state index is 11.1. The first-order valence-electron chi connectivity index (χ1n) is 3.40. The Labute approximate surface area is 73.7 Å². The second-order valence-corrected chi connectivity index (χ2v) is 2.12. The van der Waals surface area contributed by atoms with Gasteiger partial charge in [-0.1, -0.05) is 10.2 Å². The lowest BCUT2D eigenvalue weighted by atomic mass is 10.2. The standard InChI is InChI=1S/C5H8N6O2/c1-3-13-4(12)5(2,8-10-6)9-11-7/h3H2,1-2H3. The van der Waals surface area contributed by atoms with Crippen molar-refractivity contribution in [1.29, 1.82) is 0 Å². The molecular formula is C5H8N6O2. The van der Waals surface area contributed by atoms with E-state index in [9.17, 15) is 4.79 Å². The van der Waals surface area contributed by atoms with Gasteiger partial charge in [-0.2, -0.15) is 0 Å². The van der Waals surface area contributed by atoms with E-state index in [1.54, 1.807) is 6.92 Å². The minimum atomic E-state index is -1.83. The number of rotatable bonds is 4. The molecule has 0 radical (unpaired) electrons. The van der Waals surface area contributed by atoms with Crippen LogP contribution in [-0.2, 0) is 9.53 Å². The molecule has 0 aromatic rings. The molecule has 0 atom stereocenters. The first kappa shape index (κ1) is 11.1. The fourth-order valence-corrected chi connectivity index (χ4v) is 0.544. The molecule has 0 bridgehead atoms. The summed E-state index contributed by atoms with van der Waals surface area (Å²) >= 11 is 0. The SMILES string of the molecule is CCOC(=O)C(C)(N=[N+]=[N-])N=[N+]=[N-]. The molecular weight excluding hydrogens is 176 g/mol. The first-order valence-corrected chi connectivity index (χ1v) is 3.40. The predicted octanol–water partition coefficient (Wildman–Crippen LogP) is 1.89. The van der Waals surface area contributed by atoms with Gasteiger partial charge in [0.25, 0.3) is 0 Å².